The van der Waals surface area contributed by atoms with Crippen LogP contribution in [-0.4, -0.2) is 18.8 Å². The molecule has 3 aromatic rings. The molecule has 1 N–H and O–H groups in total. The van der Waals surface area contributed by atoms with Crippen molar-refractivity contribution in [2.24, 2.45) is 0 Å². The number of ether oxygens (including phenoxy) is 3. The summed E-state index contributed by atoms with van der Waals surface area (Å²) >= 11 is 0. The van der Waals surface area contributed by atoms with Gasteiger partial charge in [0, 0.05) is 24.9 Å². The van der Waals surface area contributed by atoms with Gasteiger partial charge in [0.05, 0.1) is 6.61 Å². The number of aryl methyl sites for hydroxylation is 1. The highest BCUT2D eigenvalue weighted by Crippen LogP contribution is 2.44. The molecule has 2 unspecified atom stereocenters. The molecule has 1 aliphatic heterocycles. The van der Waals surface area contributed by atoms with Gasteiger partial charge in [-0.25, -0.2) is 0 Å². The molecule has 0 aliphatic carbocycles. The Hall–Kier alpha value is -2.82. The quantitative estimate of drug-likeness (QED) is 0.389. The van der Waals surface area contributed by atoms with Crippen molar-refractivity contribution in [2.45, 2.75) is 77.9 Å². The first-order chi connectivity index (χ1) is 16.6. The van der Waals surface area contributed by atoms with Crippen LogP contribution in [0.15, 0.2) is 66.7 Å². The Morgan fingerprint density at radius 2 is 1.57 bits per heavy atom. The lowest BCUT2D eigenvalue weighted by molar-refractivity contribution is -0.159. The largest absolute Gasteiger partial charge is 0.485 e. The van der Waals surface area contributed by atoms with E-state index >= 15 is 0 Å². The monoisotopic (exact) mass is 473 g/mol. The predicted molar refractivity (Wildman–Crippen MR) is 143 cm³/mol. The van der Waals surface area contributed by atoms with Crippen LogP contribution in [0.1, 0.15) is 68.5 Å². The van der Waals surface area contributed by atoms with E-state index in [1.807, 2.05) is 6.07 Å². The average Bonchev–Trinajstić information content (AvgIpc) is 2.81. The number of anilines is 1. The number of hydrogen-bond donors (Lipinski definition) is 1. The minimum absolute atomic E-state index is 0.158. The molecule has 4 heteroatoms. The summed E-state index contributed by atoms with van der Waals surface area (Å²) < 4.78 is 18.8. The van der Waals surface area contributed by atoms with Crippen LogP contribution >= 0.6 is 0 Å². The molecule has 0 bridgehead atoms. The van der Waals surface area contributed by atoms with Gasteiger partial charge in [-0.1, -0.05) is 74.9 Å². The van der Waals surface area contributed by atoms with Crippen LogP contribution in [0.5, 0.6) is 5.75 Å². The van der Waals surface area contributed by atoms with Gasteiger partial charge in [-0.15, -0.1) is 0 Å². The highest BCUT2D eigenvalue weighted by Gasteiger charge is 2.45. The van der Waals surface area contributed by atoms with Gasteiger partial charge in [0.2, 0.25) is 0 Å². The summed E-state index contributed by atoms with van der Waals surface area (Å²) in [4.78, 5) is 0. The van der Waals surface area contributed by atoms with Gasteiger partial charge >= 0.3 is 0 Å². The van der Waals surface area contributed by atoms with Gasteiger partial charge in [0.25, 0.3) is 0 Å². The number of benzene rings is 3. The molecule has 0 radical (unpaired) electrons. The summed E-state index contributed by atoms with van der Waals surface area (Å²) in [6.45, 7) is 14.2. The Bertz CT molecular complexity index is 1130. The van der Waals surface area contributed by atoms with Crippen LogP contribution in [-0.2, 0) is 28.0 Å². The zero-order valence-electron chi connectivity index (χ0n) is 22.1. The van der Waals surface area contributed by atoms with Crippen molar-refractivity contribution < 1.29 is 14.2 Å². The minimum Gasteiger partial charge on any atom is -0.485 e. The van der Waals surface area contributed by atoms with E-state index in [0.29, 0.717) is 6.61 Å². The second-order valence-electron chi connectivity index (χ2n) is 11.1. The molecule has 0 fully saturated rings. The van der Waals surface area contributed by atoms with Crippen LogP contribution in [0.25, 0.3) is 0 Å². The SMILES string of the molecule is COC1c2cc(NCc3ccc(C(C)(C)C)cc3)ccc2OC(C)(C)C1OCc1ccc(C)cc1. The van der Waals surface area contributed by atoms with Crippen molar-refractivity contribution in [1.82, 2.24) is 0 Å². The van der Waals surface area contributed by atoms with E-state index in [-0.39, 0.29) is 17.6 Å². The molecule has 0 saturated heterocycles. The van der Waals surface area contributed by atoms with Gasteiger partial charge in [0.15, 0.2) is 0 Å². The van der Waals surface area contributed by atoms with E-state index < -0.39 is 5.60 Å². The molecule has 35 heavy (non-hydrogen) atoms. The zero-order chi connectivity index (χ0) is 25.2. The van der Waals surface area contributed by atoms with Crippen LogP contribution in [0.2, 0.25) is 0 Å². The molecule has 1 aliphatic rings. The maximum absolute atomic E-state index is 6.42. The molecule has 1 heterocycles. The zero-order valence-corrected chi connectivity index (χ0v) is 22.1. The number of hydrogen-bond acceptors (Lipinski definition) is 4. The molecule has 3 aromatic carbocycles. The minimum atomic E-state index is -0.526. The Morgan fingerprint density at radius 3 is 2.20 bits per heavy atom. The summed E-state index contributed by atoms with van der Waals surface area (Å²) in [6, 6.07) is 23.5. The lowest BCUT2D eigenvalue weighted by Crippen LogP contribution is -2.50. The number of rotatable bonds is 7. The smallest absolute Gasteiger partial charge is 0.132 e. The van der Waals surface area contributed by atoms with Gasteiger partial charge in [-0.05, 0) is 61.1 Å². The fourth-order valence-corrected chi connectivity index (χ4v) is 4.58. The summed E-state index contributed by atoms with van der Waals surface area (Å²) in [5.41, 5.74) is 6.64. The van der Waals surface area contributed by atoms with Crippen molar-refractivity contribution >= 4 is 5.69 Å². The third-order valence-corrected chi connectivity index (χ3v) is 6.77. The molecule has 0 amide bonds. The summed E-state index contributed by atoms with van der Waals surface area (Å²) in [5.74, 6) is 0.845. The Labute approximate surface area is 210 Å². The first-order valence-electron chi connectivity index (χ1n) is 12.4. The number of methoxy groups -OCH3 is 1. The van der Waals surface area contributed by atoms with Gasteiger partial charge in [-0.2, -0.15) is 0 Å². The standard InChI is InChI=1S/C31H39NO3/c1-21-8-10-23(11-9-21)20-34-29-28(33-7)26-18-25(16-17-27(26)35-31(29,5)6)32-19-22-12-14-24(15-13-22)30(2,3)4/h8-18,28-29,32H,19-20H2,1-7H3. The molecular weight excluding hydrogens is 434 g/mol. The maximum atomic E-state index is 6.42. The van der Waals surface area contributed by atoms with E-state index in [9.17, 15) is 0 Å². The summed E-state index contributed by atoms with van der Waals surface area (Å²) in [6.07, 6.45) is -0.478. The molecule has 0 spiro atoms. The van der Waals surface area contributed by atoms with Crippen molar-refractivity contribution in [2.75, 3.05) is 12.4 Å². The molecule has 0 saturated carbocycles. The van der Waals surface area contributed by atoms with Gasteiger partial charge < -0.3 is 19.5 Å². The van der Waals surface area contributed by atoms with E-state index in [2.05, 4.69) is 108 Å². The summed E-state index contributed by atoms with van der Waals surface area (Å²) in [7, 11) is 1.75. The number of fused-ring (bicyclic) bond motifs is 1. The predicted octanol–water partition coefficient (Wildman–Crippen LogP) is 7.35. The van der Waals surface area contributed by atoms with Crippen molar-refractivity contribution in [3.63, 3.8) is 0 Å². The van der Waals surface area contributed by atoms with Crippen LogP contribution in [0, 0.1) is 6.92 Å². The Morgan fingerprint density at radius 1 is 0.914 bits per heavy atom. The topological polar surface area (TPSA) is 39.7 Å². The third-order valence-electron chi connectivity index (χ3n) is 6.77. The molecule has 2 atom stereocenters. The fraction of sp³-hybridized carbons (Fsp3) is 0.419. The van der Waals surface area contributed by atoms with Crippen LogP contribution in [0.3, 0.4) is 0 Å². The fourth-order valence-electron chi connectivity index (χ4n) is 4.58. The van der Waals surface area contributed by atoms with Crippen molar-refractivity contribution in [3.8, 4) is 5.75 Å². The van der Waals surface area contributed by atoms with Gasteiger partial charge in [0.1, 0.15) is 23.6 Å². The molecular formula is C31H39NO3. The Kier molecular flexibility index (Phi) is 7.25. The highest BCUT2D eigenvalue weighted by atomic mass is 16.6. The van der Waals surface area contributed by atoms with E-state index in [0.717, 1.165) is 29.1 Å². The average molecular weight is 474 g/mol. The maximum Gasteiger partial charge on any atom is 0.132 e. The van der Waals surface area contributed by atoms with E-state index in [4.69, 9.17) is 14.2 Å². The highest BCUT2D eigenvalue weighted by molar-refractivity contribution is 5.54. The van der Waals surface area contributed by atoms with Gasteiger partial charge in [-0.3, -0.25) is 0 Å². The van der Waals surface area contributed by atoms with Crippen LogP contribution in [0.4, 0.5) is 5.69 Å². The molecule has 186 valence electrons. The van der Waals surface area contributed by atoms with Crippen LogP contribution < -0.4 is 10.1 Å². The van der Waals surface area contributed by atoms with Crippen molar-refractivity contribution in [3.05, 3.63) is 94.5 Å². The second kappa shape index (κ2) is 10.0. The molecule has 4 rings (SSSR count). The normalized spacial score (nSPS) is 19.1. The Balaban J connectivity index is 1.49. The third kappa shape index (κ3) is 5.88. The number of nitrogens with one attached hydrogen (secondary N) is 1. The van der Waals surface area contributed by atoms with Crippen molar-refractivity contribution in [1.29, 1.82) is 0 Å². The molecule has 0 aromatic heterocycles. The van der Waals surface area contributed by atoms with E-state index in [1.54, 1.807) is 7.11 Å². The lowest BCUT2D eigenvalue weighted by Gasteiger charge is -2.44. The molecule has 4 nitrogen and oxygen atoms in total. The lowest BCUT2D eigenvalue weighted by atomic mass is 9.87. The second-order valence-corrected chi connectivity index (χ2v) is 11.1. The first kappa shape index (κ1) is 25.3. The van der Waals surface area contributed by atoms with E-state index in [1.165, 1.54) is 16.7 Å². The first-order valence-corrected chi connectivity index (χ1v) is 12.4. The summed E-state index contributed by atoms with van der Waals surface area (Å²) in [5, 5.41) is 3.56.